The van der Waals surface area contributed by atoms with E-state index in [9.17, 15) is 26.4 Å². The van der Waals surface area contributed by atoms with Crippen LogP contribution in [0.25, 0.3) is 0 Å². The molecule has 1 aliphatic carbocycles. The van der Waals surface area contributed by atoms with E-state index in [0.29, 0.717) is 18.4 Å². The molecule has 0 saturated heterocycles. The van der Waals surface area contributed by atoms with Gasteiger partial charge in [0, 0.05) is 11.1 Å². The van der Waals surface area contributed by atoms with E-state index in [-0.39, 0.29) is 17.3 Å². The average molecular weight is 431 g/mol. The number of carboxylic acid groups (broad SMARTS) is 1. The molecule has 0 atom stereocenters. The number of carbonyl (C=O) groups is 1. The molecule has 1 aromatic heterocycles. The van der Waals surface area contributed by atoms with Gasteiger partial charge in [-0.05, 0) is 30.5 Å². The second-order valence-corrected chi connectivity index (χ2v) is 8.37. The van der Waals surface area contributed by atoms with Gasteiger partial charge in [0.05, 0.1) is 13.4 Å². The fraction of sp³-hybridized carbons (Fsp3) is 0.353. The van der Waals surface area contributed by atoms with Gasteiger partial charge in [-0.25, -0.2) is 23.2 Å². The normalized spacial score (nSPS) is 15.6. The lowest BCUT2D eigenvalue weighted by molar-refractivity contribution is -0.142. The van der Waals surface area contributed by atoms with E-state index in [4.69, 9.17) is 9.84 Å². The fourth-order valence-corrected chi connectivity index (χ4v) is 3.66. The topological polar surface area (TPSA) is 118 Å². The average Bonchev–Trinajstić information content (AvgIpc) is 3.40. The second-order valence-electron chi connectivity index (χ2n) is 6.62. The number of hydrogen-bond acceptors (Lipinski definition) is 6. The quantitative estimate of drug-likeness (QED) is 0.722. The summed E-state index contributed by atoms with van der Waals surface area (Å²) in [7, 11) is -2.40. The molecule has 0 radical (unpaired) electrons. The van der Waals surface area contributed by atoms with Gasteiger partial charge in [0.25, 0.3) is 0 Å². The molecule has 12 heteroatoms. The summed E-state index contributed by atoms with van der Waals surface area (Å²) in [5.41, 5.74) is -3.26. The lowest BCUT2D eigenvalue weighted by Crippen LogP contribution is -2.23. The molecular weight excluding hydrogens is 415 g/mol. The molecule has 0 unspecified atom stereocenters. The highest BCUT2D eigenvalue weighted by atomic mass is 32.2. The first-order valence-corrected chi connectivity index (χ1v) is 10.1. The Kier molecular flexibility index (Phi) is 4.93. The largest absolute Gasteiger partial charge is 0.480 e. The first kappa shape index (κ1) is 20.8. The maximum Gasteiger partial charge on any atom is 0.435 e. The molecule has 0 aliphatic heterocycles. The minimum atomic E-state index is -5.03. The van der Waals surface area contributed by atoms with Crippen molar-refractivity contribution >= 4 is 21.7 Å². The maximum absolute atomic E-state index is 13.4. The molecule has 0 amide bonds. The minimum absolute atomic E-state index is 0.145. The second kappa shape index (κ2) is 6.87. The van der Waals surface area contributed by atoms with Crippen molar-refractivity contribution in [2.45, 2.75) is 24.4 Å². The van der Waals surface area contributed by atoms with Crippen molar-refractivity contribution in [3.63, 3.8) is 0 Å². The van der Waals surface area contributed by atoms with Gasteiger partial charge >= 0.3 is 12.1 Å². The summed E-state index contributed by atoms with van der Waals surface area (Å²) in [6.07, 6.45) is -3.24. The zero-order valence-electron chi connectivity index (χ0n) is 15.2. The third-order valence-corrected chi connectivity index (χ3v) is 5.06. The lowest BCUT2D eigenvalue weighted by atomic mass is 9.91. The highest BCUT2D eigenvalue weighted by Crippen LogP contribution is 2.55. The standard InChI is InChI=1S/C17H16F3N3O5S/c1-28-14-13(22-12(17(18,19)20)11(21-14)15(24)25)16(6-7-16)9-4-3-5-10(8-9)23-29(2,26)27/h3-5,8,23H,6-7H2,1-2H3,(H,24,25). The van der Waals surface area contributed by atoms with Crippen LogP contribution in [0.5, 0.6) is 5.88 Å². The van der Waals surface area contributed by atoms with E-state index >= 15 is 0 Å². The summed E-state index contributed by atoms with van der Waals surface area (Å²) >= 11 is 0. The number of alkyl halides is 3. The fourth-order valence-electron chi connectivity index (χ4n) is 3.10. The summed E-state index contributed by atoms with van der Waals surface area (Å²) in [4.78, 5) is 18.4. The highest BCUT2D eigenvalue weighted by molar-refractivity contribution is 7.92. The lowest BCUT2D eigenvalue weighted by Gasteiger charge is -2.21. The minimum Gasteiger partial charge on any atom is -0.480 e. The molecule has 1 heterocycles. The van der Waals surface area contributed by atoms with E-state index in [0.717, 1.165) is 13.4 Å². The summed E-state index contributed by atoms with van der Waals surface area (Å²) in [6.45, 7) is 0. The van der Waals surface area contributed by atoms with Crippen LogP contribution < -0.4 is 9.46 Å². The number of nitrogens with one attached hydrogen (secondary N) is 1. The van der Waals surface area contributed by atoms with Crippen molar-refractivity contribution in [1.82, 2.24) is 9.97 Å². The Morgan fingerprint density at radius 3 is 2.41 bits per heavy atom. The van der Waals surface area contributed by atoms with Gasteiger partial charge in [0.1, 0.15) is 5.69 Å². The number of aromatic nitrogens is 2. The Morgan fingerprint density at radius 2 is 1.93 bits per heavy atom. The summed E-state index contributed by atoms with van der Waals surface area (Å²) in [5, 5.41) is 9.10. The number of benzene rings is 1. The van der Waals surface area contributed by atoms with E-state index in [2.05, 4.69) is 14.7 Å². The third kappa shape index (κ3) is 4.11. The van der Waals surface area contributed by atoms with Crippen molar-refractivity contribution in [2.24, 2.45) is 0 Å². The van der Waals surface area contributed by atoms with Crippen LogP contribution in [0, 0.1) is 0 Å². The Balaban J connectivity index is 2.17. The zero-order chi connectivity index (χ0) is 21.6. The van der Waals surface area contributed by atoms with Gasteiger partial charge in [-0.1, -0.05) is 12.1 Å². The van der Waals surface area contributed by atoms with Crippen LogP contribution >= 0.6 is 0 Å². The number of sulfonamides is 1. The van der Waals surface area contributed by atoms with Crippen LogP contribution in [0.3, 0.4) is 0 Å². The molecule has 29 heavy (non-hydrogen) atoms. The van der Waals surface area contributed by atoms with Gasteiger partial charge in [0.2, 0.25) is 15.9 Å². The number of methoxy groups -OCH3 is 1. The van der Waals surface area contributed by atoms with Gasteiger partial charge in [-0.2, -0.15) is 13.2 Å². The van der Waals surface area contributed by atoms with Gasteiger partial charge < -0.3 is 9.84 Å². The van der Waals surface area contributed by atoms with Crippen molar-refractivity contribution in [3.8, 4) is 5.88 Å². The van der Waals surface area contributed by atoms with E-state index in [1.807, 2.05) is 0 Å². The van der Waals surface area contributed by atoms with Crippen LogP contribution in [-0.2, 0) is 21.6 Å². The Bertz CT molecular complexity index is 1080. The molecule has 8 nitrogen and oxygen atoms in total. The molecule has 2 aromatic rings. The van der Waals surface area contributed by atoms with Crippen LogP contribution in [0.15, 0.2) is 24.3 Å². The molecule has 3 rings (SSSR count). The molecule has 1 saturated carbocycles. The number of anilines is 1. The van der Waals surface area contributed by atoms with Crippen molar-refractivity contribution in [3.05, 3.63) is 46.9 Å². The Morgan fingerprint density at radius 1 is 1.28 bits per heavy atom. The van der Waals surface area contributed by atoms with Crippen LogP contribution in [-0.4, -0.2) is 42.8 Å². The Hall–Kier alpha value is -2.89. The molecule has 2 N–H and O–H groups in total. The Labute approximate surface area is 163 Å². The van der Waals surface area contributed by atoms with E-state index in [1.165, 1.54) is 12.1 Å². The van der Waals surface area contributed by atoms with Crippen molar-refractivity contribution in [2.75, 3.05) is 18.1 Å². The molecule has 1 aromatic carbocycles. The van der Waals surface area contributed by atoms with Gasteiger partial charge in [-0.3, -0.25) is 4.72 Å². The number of rotatable bonds is 6. The predicted molar refractivity (Wildman–Crippen MR) is 95.5 cm³/mol. The third-order valence-electron chi connectivity index (χ3n) is 4.45. The summed E-state index contributed by atoms with van der Waals surface area (Å²) in [5.74, 6) is -2.20. The summed E-state index contributed by atoms with van der Waals surface area (Å²) < 4.78 is 70.5. The van der Waals surface area contributed by atoms with Gasteiger partial charge in [-0.15, -0.1) is 0 Å². The number of hydrogen-bond donors (Lipinski definition) is 2. The van der Waals surface area contributed by atoms with Gasteiger partial charge in [0.15, 0.2) is 11.4 Å². The molecule has 1 aliphatic rings. The predicted octanol–water partition coefficient (Wildman–Crippen LogP) is 2.65. The van der Waals surface area contributed by atoms with Crippen LogP contribution in [0.2, 0.25) is 0 Å². The highest BCUT2D eigenvalue weighted by Gasteiger charge is 2.52. The molecule has 0 bridgehead atoms. The molecular formula is C17H16F3N3O5S. The molecule has 1 fully saturated rings. The van der Waals surface area contributed by atoms with E-state index < -0.39 is 39.0 Å². The number of halogens is 3. The zero-order valence-corrected chi connectivity index (χ0v) is 16.1. The smallest absolute Gasteiger partial charge is 0.435 e. The van der Waals surface area contributed by atoms with Crippen LogP contribution in [0.4, 0.5) is 18.9 Å². The van der Waals surface area contributed by atoms with Crippen LogP contribution in [0.1, 0.15) is 40.3 Å². The number of nitrogens with zero attached hydrogens (tertiary/aromatic N) is 2. The van der Waals surface area contributed by atoms with Crippen molar-refractivity contribution < 1.29 is 36.2 Å². The first-order valence-electron chi connectivity index (χ1n) is 8.23. The monoisotopic (exact) mass is 431 g/mol. The maximum atomic E-state index is 13.4. The van der Waals surface area contributed by atoms with E-state index in [1.54, 1.807) is 12.1 Å². The number of ether oxygens (including phenoxy) is 1. The molecule has 156 valence electrons. The summed E-state index contributed by atoms with van der Waals surface area (Å²) in [6, 6.07) is 6.17. The number of carboxylic acids is 1. The van der Waals surface area contributed by atoms with Crippen molar-refractivity contribution in [1.29, 1.82) is 0 Å². The molecule has 0 spiro atoms. The number of aromatic carboxylic acids is 1. The SMILES string of the molecule is COc1nc(C(=O)O)c(C(F)(F)F)nc1C1(c2cccc(NS(C)(=O)=O)c2)CC1. The first-order chi connectivity index (χ1) is 13.4.